The van der Waals surface area contributed by atoms with E-state index >= 15 is 0 Å². The number of nitrogens with one attached hydrogen (secondary N) is 1. The van der Waals surface area contributed by atoms with Crippen molar-refractivity contribution in [1.29, 1.82) is 0 Å². The average molecular weight is 249 g/mol. The Balaban J connectivity index is 2.50. The molecule has 1 aromatic carbocycles. The molecule has 3 heteroatoms. The quantitative estimate of drug-likeness (QED) is 0.815. The molecule has 0 radical (unpaired) electrons. The van der Waals surface area contributed by atoms with Crippen LogP contribution < -0.4 is 5.32 Å². The minimum Gasteiger partial charge on any atom is -0.481 e. The van der Waals surface area contributed by atoms with Crippen LogP contribution in [0.25, 0.3) is 0 Å². The summed E-state index contributed by atoms with van der Waals surface area (Å²) in [6.45, 7) is 8.66. The number of aryl methyl sites for hydroxylation is 1. The molecule has 1 rings (SSSR count). The molecular formula is C15H23NO2. The molecule has 0 saturated heterocycles. The second-order valence-electron chi connectivity index (χ2n) is 5.67. The molecule has 0 bridgehead atoms. The number of hydrogen-bond acceptors (Lipinski definition) is 2. The molecule has 0 aliphatic carbocycles. The van der Waals surface area contributed by atoms with Gasteiger partial charge in [-0.25, -0.2) is 0 Å². The van der Waals surface area contributed by atoms with Crippen LogP contribution in [0, 0.1) is 12.8 Å². The van der Waals surface area contributed by atoms with E-state index in [1.807, 2.05) is 13.8 Å². The van der Waals surface area contributed by atoms with Crippen molar-refractivity contribution in [1.82, 2.24) is 5.32 Å². The maximum absolute atomic E-state index is 10.9. The minimum atomic E-state index is -0.736. The van der Waals surface area contributed by atoms with Crippen LogP contribution >= 0.6 is 0 Å². The van der Waals surface area contributed by atoms with Crippen LogP contribution in [-0.4, -0.2) is 16.6 Å². The molecule has 2 N–H and O–H groups in total. The Labute approximate surface area is 109 Å². The number of rotatable bonds is 6. The maximum atomic E-state index is 10.9. The largest absolute Gasteiger partial charge is 0.481 e. The summed E-state index contributed by atoms with van der Waals surface area (Å²) in [5.41, 5.74) is 2.29. The summed E-state index contributed by atoms with van der Waals surface area (Å²) in [7, 11) is 0. The van der Waals surface area contributed by atoms with Gasteiger partial charge in [0.25, 0.3) is 0 Å². The molecule has 3 nitrogen and oxygen atoms in total. The van der Waals surface area contributed by atoms with E-state index in [1.54, 1.807) is 6.92 Å². The first-order valence-corrected chi connectivity index (χ1v) is 6.33. The normalized spacial score (nSPS) is 13.3. The first kappa shape index (κ1) is 14.7. The summed E-state index contributed by atoms with van der Waals surface area (Å²) in [5, 5.41) is 12.4. The number of aliphatic carboxylic acids is 1. The third-order valence-corrected chi connectivity index (χ3v) is 3.13. The summed E-state index contributed by atoms with van der Waals surface area (Å²) in [6.07, 6.45) is 0.619. The highest BCUT2D eigenvalue weighted by molar-refractivity contribution is 5.69. The van der Waals surface area contributed by atoms with Gasteiger partial charge >= 0.3 is 5.97 Å². The first-order valence-electron chi connectivity index (χ1n) is 6.33. The molecule has 0 amide bonds. The summed E-state index contributed by atoms with van der Waals surface area (Å²) >= 11 is 0. The van der Waals surface area contributed by atoms with E-state index in [-0.39, 0.29) is 11.5 Å². The molecule has 0 fully saturated rings. The zero-order valence-corrected chi connectivity index (χ0v) is 11.7. The molecule has 0 aliphatic rings. The van der Waals surface area contributed by atoms with E-state index < -0.39 is 5.97 Å². The topological polar surface area (TPSA) is 49.3 Å². The van der Waals surface area contributed by atoms with Crippen molar-refractivity contribution in [2.75, 3.05) is 0 Å². The smallest absolute Gasteiger partial charge is 0.306 e. The maximum Gasteiger partial charge on any atom is 0.306 e. The van der Waals surface area contributed by atoms with Crippen LogP contribution in [0.5, 0.6) is 0 Å². The van der Waals surface area contributed by atoms with Gasteiger partial charge in [0, 0.05) is 12.1 Å². The lowest BCUT2D eigenvalue weighted by Gasteiger charge is -2.28. The van der Waals surface area contributed by atoms with E-state index in [0.29, 0.717) is 6.42 Å². The highest BCUT2D eigenvalue weighted by Gasteiger charge is 2.23. The van der Waals surface area contributed by atoms with Crippen LogP contribution in [0.1, 0.15) is 38.3 Å². The van der Waals surface area contributed by atoms with Gasteiger partial charge in [0.2, 0.25) is 0 Å². The number of hydrogen-bond donors (Lipinski definition) is 2. The lowest BCUT2D eigenvalue weighted by molar-refractivity contribution is -0.141. The zero-order chi connectivity index (χ0) is 13.8. The summed E-state index contributed by atoms with van der Waals surface area (Å²) < 4.78 is 0. The van der Waals surface area contributed by atoms with Gasteiger partial charge in [-0.05, 0) is 32.8 Å². The SMILES string of the molecule is Cc1ccc(CNC(C)(C)CC(C)C(=O)O)cc1. The summed E-state index contributed by atoms with van der Waals surface area (Å²) in [6, 6.07) is 8.37. The fourth-order valence-corrected chi connectivity index (χ4v) is 1.97. The van der Waals surface area contributed by atoms with Gasteiger partial charge in [-0.15, -0.1) is 0 Å². The van der Waals surface area contributed by atoms with Crippen molar-refractivity contribution < 1.29 is 9.90 Å². The van der Waals surface area contributed by atoms with E-state index in [1.165, 1.54) is 11.1 Å². The molecule has 1 aromatic rings. The minimum absolute atomic E-state index is 0.178. The monoisotopic (exact) mass is 249 g/mol. The highest BCUT2D eigenvalue weighted by atomic mass is 16.4. The number of carbonyl (C=O) groups is 1. The van der Waals surface area contributed by atoms with Crippen LogP contribution in [0.15, 0.2) is 24.3 Å². The highest BCUT2D eigenvalue weighted by Crippen LogP contribution is 2.17. The Morgan fingerprint density at radius 3 is 2.39 bits per heavy atom. The predicted octanol–water partition coefficient (Wildman–Crippen LogP) is 2.97. The molecule has 0 aliphatic heterocycles. The van der Waals surface area contributed by atoms with E-state index in [4.69, 9.17) is 5.11 Å². The fraction of sp³-hybridized carbons (Fsp3) is 0.533. The number of carboxylic acids is 1. The Hall–Kier alpha value is -1.35. The lowest BCUT2D eigenvalue weighted by Crippen LogP contribution is -2.41. The van der Waals surface area contributed by atoms with Crippen molar-refractivity contribution in [2.45, 2.75) is 46.2 Å². The summed E-state index contributed by atoms with van der Waals surface area (Å²) in [5.74, 6) is -1.06. The molecule has 0 heterocycles. The zero-order valence-electron chi connectivity index (χ0n) is 11.7. The Bertz CT molecular complexity index is 395. The fourth-order valence-electron chi connectivity index (χ4n) is 1.97. The molecule has 100 valence electrons. The van der Waals surface area contributed by atoms with Gasteiger partial charge in [0.15, 0.2) is 0 Å². The van der Waals surface area contributed by atoms with Crippen molar-refractivity contribution in [3.63, 3.8) is 0 Å². The second kappa shape index (κ2) is 6.01. The molecule has 0 aromatic heterocycles. The third kappa shape index (κ3) is 4.88. The Morgan fingerprint density at radius 1 is 1.33 bits per heavy atom. The molecule has 1 unspecified atom stereocenters. The van der Waals surface area contributed by atoms with Gasteiger partial charge in [-0.3, -0.25) is 4.79 Å². The van der Waals surface area contributed by atoms with Crippen molar-refractivity contribution in [3.8, 4) is 0 Å². The van der Waals surface area contributed by atoms with Crippen LogP contribution in [0.4, 0.5) is 0 Å². The van der Waals surface area contributed by atoms with E-state index in [0.717, 1.165) is 6.54 Å². The van der Waals surface area contributed by atoms with Gasteiger partial charge in [0.05, 0.1) is 5.92 Å². The third-order valence-electron chi connectivity index (χ3n) is 3.13. The van der Waals surface area contributed by atoms with Crippen LogP contribution in [-0.2, 0) is 11.3 Å². The number of carboxylic acid groups (broad SMARTS) is 1. The second-order valence-corrected chi connectivity index (χ2v) is 5.67. The van der Waals surface area contributed by atoms with Crippen LogP contribution in [0.3, 0.4) is 0 Å². The van der Waals surface area contributed by atoms with E-state index in [2.05, 4.69) is 36.5 Å². The standard InChI is InChI=1S/C15H23NO2/c1-11-5-7-13(8-6-11)10-16-15(3,4)9-12(2)14(17)18/h5-8,12,16H,9-10H2,1-4H3,(H,17,18). The Kier molecular flexibility index (Phi) is 4.91. The van der Waals surface area contributed by atoms with Crippen molar-refractivity contribution in [2.24, 2.45) is 5.92 Å². The first-order chi connectivity index (χ1) is 8.30. The van der Waals surface area contributed by atoms with Gasteiger partial charge < -0.3 is 10.4 Å². The molecular weight excluding hydrogens is 226 g/mol. The van der Waals surface area contributed by atoms with Crippen molar-refractivity contribution in [3.05, 3.63) is 35.4 Å². The Morgan fingerprint density at radius 2 is 1.89 bits per heavy atom. The molecule has 18 heavy (non-hydrogen) atoms. The number of benzene rings is 1. The van der Waals surface area contributed by atoms with Crippen LogP contribution in [0.2, 0.25) is 0 Å². The van der Waals surface area contributed by atoms with Gasteiger partial charge in [-0.2, -0.15) is 0 Å². The summed E-state index contributed by atoms with van der Waals surface area (Å²) in [4.78, 5) is 10.9. The molecule has 0 saturated carbocycles. The molecule has 0 spiro atoms. The van der Waals surface area contributed by atoms with Gasteiger partial charge in [0.1, 0.15) is 0 Å². The molecule has 1 atom stereocenters. The van der Waals surface area contributed by atoms with E-state index in [9.17, 15) is 4.79 Å². The van der Waals surface area contributed by atoms with Gasteiger partial charge in [-0.1, -0.05) is 36.8 Å². The predicted molar refractivity (Wildman–Crippen MR) is 73.5 cm³/mol. The average Bonchev–Trinajstić information content (AvgIpc) is 2.27. The lowest BCUT2D eigenvalue weighted by atomic mass is 9.91. The van der Waals surface area contributed by atoms with Crippen molar-refractivity contribution >= 4 is 5.97 Å².